The maximum atomic E-state index is 12.0. The first kappa shape index (κ1) is 15.6. The second-order valence-corrected chi connectivity index (χ2v) is 5.67. The van der Waals surface area contributed by atoms with Gasteiger partial charge in [-0.25, -0.2) is 0 Å². The van der Waals surface area contributed by atoms with Gasteiger partial charge in [0.15, 0.2) is 6.10 Å². The molecule has 1 atom stereocenters. The molecule has 1 aromatic rings. The van der Waals surface area contributed by atoms with E-state index in [4.69, 9.17) is 4.74 Å². The number of nitrogens with one attached hydrogen (secondary N) is 1. The van der Waals surface area contributed by atoms with E-state index in [0.717, 1.165) is 17.7 Å². The summed E-state index contributed by atoms with van der Waals surface area (Å²) in [4.78, 5) is 12.0. The molecule has 1 N–H and O–H groups in total. The maximum absolute atomic E-state index is 12.0. The smallest absolute Gasteiger partial charge is 0.260 e. The van der Waals surface area contributed by atoms with Crippen LogP contribution in [0.5, 0.6) is 5.75 Å². The Balaban J connectivity index is 1.75. The Labute approximate surface area is 127 Å². The highest BCUT2D eigenvalue weighted by molar-refractivity contribution is 5.80. The molecule has 1 aromatic carbocycles. The molecule has 1 amide bonds. The van der Waals surface area contributed by atoms with E-state index in [-0.39, 0.29) is 5.91 Å². The van der Waals surface area contributed by atoms with Crippen molar-refractivity contribution >= 4 is 5.91 Å². The summed E-state index contributed by atoms with van der Waals surface area (Å²) >= 11 is 0. The number of para-hydroxylation sites is 1. The number of hydrogen-bond donors (Lipinski definition) is 1. The van der Waals surface area contributed by atoms with Gasteiger partial charge in [-0.1, -0.05) is 29.8 Å². The highest BCUT2D eigenvalue weighted by Gasteiger charge is 2.15. The highest BCUT2D eigenvalue weighted by atomic mass is 16.5. The average Bonchev–Trinajstić information content (AvgIpc) is 2.50. The van der Waals surface area contributed by atoms with Crippen LogP contribution in [-0.2, 0) is 4.79 Å². The molecule has 0 fully saturated rings. The summed E-state index contributed by atoms with van der Waals surface area (Å²) in [5.74, 6) is 0.727. The molecule has 3 heteroatoms. The van der Waals surface area contributed by atoms with Crippen LogP contribution in [0.2, 0.25) is 0 Å². The third-order valence-electron chi connectivity index (χ3n) is 3.90. The first-order valence-electron chi connectivity index (χ1n) is 7.84. The number of amides is 1. The predicted molar refractivity (Wildman–Crippen MR) is 85.4 cm³/mol. The maximum Gasteiger partial charge on any atom is 0.260 e. The molecule has 0 aromatic heterocycles. The average molecular weight is 287 g/mol. The number of hydrogen-bond acceptors (Lipinski definition) is 2. The van der Waals surface area contributed by atoms with E-state index >= 15 is 0 Å². The molecule has 0 unspecified atom stereocenters. The van der Waals surface area contributed by atoms with E-state index in [9.17, 15) is 4.79 Å². The van der Waals surface area contributed by atoms with E-state index in [1.165, 1.54) is 31.3 Å². The number of aryl methyl sites for hydroxylation is 1. The lowest BCUT2D eigenvalue weighted by Crippen LogP contribution is -2.37. The summed E-state index contributed by atoms with van der Waals surface area (Å²) in [5.41, 5.74) is 2.53. The van der Waals surface area contributed by atoms with Crippen LogP contribution in [0.3, 0.4) is 0 Å². The fourth-order valence-corrected chi connectivity index (χ4v) is 2.55. The fourth-order valence-electron chi connectivity index (χ4n) is 2.55. The molecule has 21 heavy (non-hydrogen) atoms. The number of benzene rings is 1. The monoisotopic (exact) mass is 287 g/mol. The molecule has 1 aliphatic carbocycles. The predicted octanol–water partition coefficient (Wildman–Crippen LogP) is 3.77. The fraction of sp³-hybridized carbons (Fsp3) is 0.500. The lowest BCUT2D eigenvalue weighted by Gasteiger charge is -2.17. The van der Waals surface area contributed by atoms with Gasteiger partial charge in [0, 0.05) is 6.54 Å². The molecular weight excluding hydrogens is 262 g/mol. The second kappa shape index (κ2) is 7.87. The number of carbonyl (C=O) groups is 1. The summed E-state index contributed by atoms with van der Waals surface area (Å²) < 4.78 is 5.72. The van der Waals surface area contributed by atoms with Gasteiger partial charge in [-0.15, -0.1) is 0 Å². The summed E-state index contributed by atoms with van der Waals surface area (Å²) in [7, 11) is 0. The van der Waals surface area contributed by atoms with Crippen molar-refractivity contribution in [3.8, 4) is 5.75 Å². The SMILES string of the molecule is Cc1ccccc1O[C@H](C)C(=O)NCCC1=CCCCC1. The van der Waals surface area contributed by atoms with Crippen LogP contribution in [0.15, 0.2) is 35.9 Å². The van der Waals surface area contributed by atoms with E-state index in [1.54, 1.807) is 6.92 Å². The molecule has 0 aliphatic heterocycles. The van der Waals surface area contributed by atoms with Gasteiger partial charge in [0.1, 0.15) is 5.75 Å². The first-order chi connectivity index (χ1) is 10.2. The molecule has 2 rings (SSSR count). The quantitative estimate of drug-likeness (QED) is 0.809. The van der Waals surface area contributed by atoms with Gasteiger partial charge in [-0.2, -0.15) is 0 Å². The van der Waals surface area contributed by atoms with Gasteiger partial charge in [-0.3, -0.25) is 4.79 Å². The summed E-state index contributed by atoms with van der Waals surface area (Å²) in [6, 6.07) is 7.76. The molecule has 0 spiro atoms. The molecule has 1 aliphatic rings. The Morgan fingerprint density at radius 2 is 2.14 bits per heavy atom. The topological polar surface area (TPSA) is 38.3 Å². The Kier molecular flexibility index (Phi) is 5.85. The summed E-state index contributed by atoms with van der Waals surface area (Å²) in [6.45, 7) is 4.48. The van der Waals surface area contributed by atoms with E-state index in [1.807, 2.05) is 31.2 Å². The van der Waals surface area contributed by atoms with Crippen molar-refractivity contribution < 1.29 is 9.53 Å². The van der Waals surface area contributed by atoms with Crippen LogP contribution in [0.4, 0.5) is 0 Å². The Bertz CT molecular complexity index is 508. The van der Waals surface area contributed by atoms with Gasteiger partial charge >= 0.3 is 0 Å². The molecule has 0 heterocycles. The molecule has 0 radical (unpaired) electrons. The third-order valence-corrected chi connectivity index (χ3v) is 3.90. The zero-order valence-electron chi connectivity index (χ0n) is 13.0. The molecule has 0 saturated carbocycles. The number of allylic oxidation sites excluding steroid dienone is 1. The summed E-state index contributed by atoms with van der Waals surface area (Å²) in [5, 5.41) is 2.96. The second-order valence-electron chi connectivity index (χ2n) is 5.67. The van der Waals surface area contributed by atoms with Gasteiger partial charge < -0.3 is 10.1 Å². The zero-order chi connectivity index (χ0) is 15.1. The third kappa shape index (κ3) is 4.92. The number of rotatable bonds is 6. The molecule has 3 nitrogen and oxygen atoms in total. The van der Waals surface area contributed by atoms with Crippen LogP contribution < -0.4 is 10.1 Å². The van der Waals surface area contributed by atoms with Crippen molar-refractivity contribution in [2.45, 2.75) is 52.1 Å². The largest absolute Gasteiger partial charge is 0.481 e. The van der Waals surface area contributed by atoms with Crippen LogP contribution in [-0.4, -0.2) is 18.6 Å². The summed E-state index contributed by atoms with van der Waals surface area (Å²) in [6.07, 6.45) is 7.78. The minimum absolute atomic E-state index is 0.0466. The van der Waals surface area contributed by atoms with Crippen molar-refractivity contribution in [2.75, 3.05) is 6.54 Å². The van der Waals surface area contributed by atoms with Crippen molar-refractivity contribution in [3.63, 3.8) is 0 Å². The minimum atomic E-state index is -0.466. The first-order valence-corrected chi connectivity index (χ1v) is 7.84. The Hall–Kier alpha value is -1.77. The Morgan fingerprint density at radius 1 is 1.33 bits per heavy atom. The van der Waals surface area contributed by atoms with Gasteiger partial charge in [0.25, 0.3) is 5.91 Å². The van der Waals surface area contributed by atoms with Crippen LogP contribution >= 0.6 is 0 Å². The van der Waals surface area contributed by atoms with Crippen molar-refractivity contribution in [3.05, 3.63) is 41.5 Å². The van der Waals surface area contributed by atoms with E-state index in [0.29, 0.717) is 6.54 Å². The molecule has 0 saturated heterocycles. The van der Waals surface area contributed by atoms with Crippen molar-refractivity contribution in [2.24, 2.45) is 0 Å². The molecule has 0 bridgehead atoms. The van der Waals surface area contributed by atoms with Gasteiger partial charge in [0.2, 0.25) is 0 Å². The van der Waals surface area contributed by atoms with Gasteiger partial charge in [0.05, 0.1) is 0 Å². The lowest BCUT2D eigenvalue weighted by atomic mass is 9.97. The number of ether oxygens (including phenoxy) is 1. The standard InChI is InChI=1S/C18H25NO2/c1-14-8-6-7-11-17(14)21-15(2)18(20)19-13-12-16-9-4-3-5-10-16/h6-9,11,15H,3-5,10,12-13H2,1-2H3,(H,19,20)/t15-/m1/s1. The van der Waals surface area contributed by atoms with E-state index < -0.39 is 6.10 Å². The molecule has 114 valence electrons. The van der Waals surface area contributed by atoms with E-state index in [2.05, 4.69) is 11.4 Å². The van der Waals surface area contributed by atoms with Crippen molar-refractivity contribution in [1.82, 2.24) is 5.32 Å². The zero-order valence-corrected chi connectivity index (χ0v) is 13.0. The Morgan fingerprint density at radius 3 is 2.86 bits per heavy atom. The van der Waals surface area contributed by atoms with Crippen LogP contribution in [0, 0.1) is 6.92 Å². The van der Waals surface area contributed by atoms with Crippen LogP contribution in [0.1, 0.15) is 44.6 Å². The minimum Gasteiger partial charge on any atom is -0.481 e. The highest BCUT2D eigenvalue weighted by Crippen LogP contribution is 2.20. The molecular formula is C18H25NO2. The van der Waals surface area contributed by atoms with Crippen LogP contribution in [0.25, 0.3) is 0 Å². The lowest BCUT2D eigenvalue weighted by molar-refractivity contribution is -0.127. The number of carbonyl (C=O) groups excluding carboxylic acids is 1. The van der Waals surface area contributed by atoms with Crippen molar-refractivity contribution in [1.29, 1.82) is 0 Å². The van der Waals surface area contributed by atoms with Gasteiger partial charge in [-0.05, 0) is 57.6 Å². The normalized spacial score (nSPS) is 16.0.